The van der Waals surface area contributed by atoms with E-state index >= 15 is 0 Å². The summed E-state index contributed by atoms with van der Waals surface area (Å²) in [5, 5.41) is 0. The number of hydrogen-bond donors (Lipinski definition) is 0. The number of unbranched alkanes of at least 4 members (excludes halogenated alkanes) is 7. The summed E-state index contributed by atoms with van der Waals surface area (Å²) in [4.78, 5) is 2.09. The van der Waals surface area contributed by atoms with Crippen molar-refractivity contribution in [2.45, 2.75) is 58.3 Å². The predicted molar refractivity (Wildman–Crippen MR) is 159 cm³/mol. The highest BCUT2D eigenvalue weighted by atomic mass is 16.6. The summed E-state index contributed by atoms with van der Waals surface area (Å²) in [5.74, 6) is 0. The number of rotatable bonds is 36. The van der Waals surface area contributed by atoms with Crippen LogP contribution in [0.1, 0.15) is 58.3 Å². The van der Waals surface area contributed by atoms with E-state index in [1.54, 1.807) is 0 Å². The van der Waals surface area contributed by atoms with E-state index in [1.807, 2.05) is 14.1 Å². The van der Waals surface area contributed by atoms with Crippen molar-refractivity contribution in [1.29, 1.82) is 0 Å². The first-order chi connectivity index (χ1) is 19.8. The van der Waals surface area contributed by atoms with Crippen molar-refractivity contribution in [3.63, 3.8) is 0 Å². The molecule has 0 fully saturated rings. The van der Waals surface area contributed by atoms with Gasteiger partial charge in [0.1, 0.15) is 0 Å². The third kappa shape index (κ3) is 37.6. The van der Waals surface area contributed by atoms with Gasteiger partial charge in [-0.1, -0.05) is 51.9 Å². The zero-order chi connectivity index (χ0) is 29.0. The molecule has 10 heteroatoms. The second-order valence-corrected chi connectivity index (χ2v) is 9.79. The maximum absolute atomic E-state index is 5.62. The summed E-state index contributed by atoms with van der Waals surface area (Å²) < 4.78 is 49.5. The Bertz CT molecular complexity index is 447. The number of nitrogens with zero attached hydrogens (tertiary/aromatic N) is 1. The van der Waals surface area contributed by atoms with E-state index in [1.165, 1.54) is 44.9 Å². The highest BCUT2D eigenvalue weighted by Crippen LogP contribution is 2.08. The fourth-order valence-corrected chi connectivity index (χ4v) is 3.45. The van der Waals surface area contributed by atoms with Crippen molar-refractivity contribution in [3.05, 3.63) is 0 Å². The molecule has 0 aromatic rings. The van der Waals surface area contributed by atoms with Crippen LogP contribution in [0.2, 0.25) is 0 Å². The molecule has 0 aliphatic carbocycles. The summed E-state index contributed by atoms with van der Waals surface area (Å²) in [7, 11) is 4.05. The second kappa shape index (κ2) is 36.6. The Morgan fingerprint density at radius 3 is 0.850 bits per heavy atom. The SMILES string of the molecule is CCCCCCCCCCOCCOCCOCCOCCOCCOCCOCCOCCOCCN(C)C. The minimum Gasteiger partial charge on any atom is -0.379 e. The molecule has 0 radical (unpaired) electrons. The maximum Gasteiger partial charge on any atom is 0.0701 e. The zero-order valence-electron chi connectivity index (χ0n) is 26.2. The average molecular weight is 582 g/mol. The molecular weight excluding hydrogens is 518 g/mol. The van der Waals surface area contributed by atoms with Crippen molar-refractivity contribution < 1.29 is 42.6 Å². The molecule has 0 saturated carbocycles. The van der Waals surface area contributed by atoms with Gasteiger partial charge in [0.2, 0.25) is 0 Å². The first-order valence-electron chi connectivity index (χ1n) is 15.6. The Kier molecular flexibility index (Phi) is 36.3. The van der Waals surface area contributed by atoms with E-state index in [0.29, 0.717) is 106 Å². The van der Waals surface area contributed by atoms with E-state index in [2.05, 4.69) is 11.8 Å². The molecule has 0 bridgehead atoms. The summed E-state index contributed by atoms with van der Waals surface area (Å²) in [6, 6.07) is 0. The van der Waals surface area contributed by atoms with Gasteiger partial charge in [-0.2, -0.15) is 0 Å². The lowest BCUT2D eigenvalue weighted by Gasteiger charge is -2.10. The Balaban J connectivity index is 3.02. The van der Waals surface area contributed by atoms with Crippen LogP contribution in [0.25, 0.3) is 0 Å². The van der Waals surface area contributed by atoms with Crippen LogP contribution in [0.4, 0.5) is 0 Å². The molecule has 0 heterocycles. The largest absolute Gasteiger partial charge is 0.379 e. The minimum absolute atomic E-state index is 0.539. The van der Waals surface area contributed by atoms with Crippen molar-refractivity contribution in [3.8, 4) is 0 Å². The van der Waals surface area contributed by atoms with E-state index in [-0.39, 0.29) is 0 Å². The van der Waals surface area contributed by atoms with Crippen LogP contribution < -0.4 is 0 Å². The molecule has 0 N–H and O–H groups in total. The van der Waals surface area contributed by atoms with Crippen LogP contribution in [0.15, 0.2) is 0 Å². The first kappa shape index (κ1) is 39.6. The van der Waals surface area contributed by atoms with Gasteiger partial charge < -0.3 is 47.5 Å². The fourth-order valence-electron chi connectivity index (χ4n) is 3.45. The predicted octanol–water partition coefficient (Wildman–Crippen LogP) is 3.84. The van der Waals surface area contributed by atoms with Gasteiger partial charge in [-0.3, -0.25) is 0 Å². The molecule has 0 amide bonds. The summed E-state index contributed by atoms with van der Waals surface area (Å²) >= 11 is 0. The van der Waals surface area contributed by atoms with Gasteiger partial charge in [0.15, 0.2) is 0 Å². The van der Waals surface area contributed by atoms with Crippen molar-refractivity contribution in [2.24, 2.45) is 0 Å². The summed E-state index contributed by atoms with van der Waals surface area (Å²) in [6.07, 6.45) is 10.6. The number of hydrogen-bond acceptors (Lipinski definition) is 10. The third-order valence-corrected chi connectivity index (χ3v) is 5.80. The molecule has 0 atom stereocenters. The molecule has 0 aromatic heterocycles. The van der Waals surface area contributed by atoms with Crippen molar-refractivity contribution in [1.82, 2.24) is 4.90 Å². The van der Waals surface area contributed by atoms with Crippen molar-refractivity contribution in [2.75, 3.05) is 140 Å². The van der Waals surface area contributed by atoms with E-state index in [0.717, 1.165) is 26.2 Å². The van der Waals surface area contributed by atoms with Crippen LogP contribution in [-0.2, 0) is 42.6 Å². The van der Waals surface area contributed by atoms with Gasteiger partial charge in [0.05, 0.1) is 112 Å². The fraction of sp³-hybridized carbons (Fsp3) is 1.00. The van der Waals surface area contributed by atoms with Crippen LogP contribution in [-0.4, -0.2) is 144 Å². The lowest BCUT2D eigenvalue weighted by molar-refractivity contribution is -0.0251. The normalized spacial score (nSPS) is 11.7. The first-order valence-corrected chi connectivity index (χ1v) is 15.6. The maximum atomic E-state index is 5.62. The van der Waals surface area contributed by atoms with E-state index in [4.69, 9.17) is 42.6 Å². The smallest absolute Gasteiger partial charge is 0.0701 e. The quantitative estimate of drug-likeness (QED) is 0.102. The van der Waals surface area contributed by atoms with Gasteiger partial charge in [0, 0.05) is 13.2 Å². The standard InChI is InChI=1S/C30H63NO9/c1-4-5-6-7-8-9-10-11-13-32-15-17-34-19-21-36-23-25-38-27-29-40-30-28-39-26-24-37-22-20-35-18-16-33-14-12-31(2)3/h4-30H2,1-3H3. The lowest BCUT2D eigenvalue weighted by atomic mass is 10.1. The molecule has 242 valence electrons. The number of ether oxygens (including phenoxy) is 9. The molecular formula is C30H63NO9. The Morgan fingerprint density at radius 1 is 0.300 bits per heavy atom. The van der Waals surface area contributed by atoms with E-state index < -0.39 is 0 Å². The van der Waals surface area contributed by atoms with E-state index in [9.17, 15) is 0 Å². The Hall–Kier alpha value is -0.400. The molecule has 10 nitrogen and oxygen atoms in total. The second-order valence-electron chi connectivity index (χ2n) is 9.79. The Labute approximate surface area is 245 Å². The third-order valence-electron chi connectivity index (χ3n) is 5.80. The molecule has 0 spiro atoms. The van der Waals surface area contributed by atoms with Gasteiger partial charge in [0.25, 0.3) is 0 Å². The van der Waals surface area contributed by atoms with Gasteiger partial charge in [-0.05, 0) is 20.5 Å². The topological polar surface area (TPSA) is 86.3 Å². The molecule has 0 saturated heterocycles. The Morgan fingerprint density at radius 2 is 0.550 bits per heavy atom. The minimum atomic E-state index is 0.539. The average Bonchev–Trinajstić information content (AvgIpc) is 2.95. The highest BCUT2D eigenvalue weighted by molar-refractivity contribution is 4.46. The molecule has 0 unspecified atom stereocenters. The van der Waals surface area contributed by atoms with Gasteiger partial charge >= 0.3 is 0 Å². The lowest BCUT2D eigenvalue weighted by Crippen LogP contribution is -2.19. The van der Waals surface area contributed by atoms with Crippen LogP contribution in [0.3, 0.4) is 0 Å². The zero-order valence-corrected chi connectivity index (χ0v) is 26.2. The molecule has 0 aromatic carbocycles. The van der Waals surface area contributed by atoms with Gasteiger partial charge in [-0.15, -0.1) is 0 Å². The molecule has 0 aliphatic rings. The summed E-state index contributed by atoms with van der Waals surface area (Å²) in [5.41, 5.74) is 0. The monoisotopic (exact) mass is 581 g/mol. The van der Waals surface area contributed by atoms with Crippen LogP contribution >= 0.6 is 0 Å². The molecule has 0 aliphatic heterocycles. The van der Waals surface area contributed by atoms with Crippen LogP contribution in [0.5, 0.6) is 0 Å². The van der Waals surface area contributed by atoms with Crippen LogP contribution in [0, 0.1) is 0 Å². The summed E-state index contributed by atoms with van der Waals surface area (Å²) in [6.45, 7) is 13.8. The molecule has 40 heavy (non-hydrogen) atoms. The van der Waals surface area contributed by atoms with Crippen molar-refractivity contribution >= 4 is 0 Å². The number of likely N-dealkylation sites (N-methyl/N-ethyl adjacent to an activating group) is 1. The molecule has 0 rings (SSSR count). The highest BCUT2D eigenvalue weighted by Gasteiger charge is 1.96. The van der Waals surface area contributed by atoms with Gasteiger partial charge in [-0.25, -0.2) is 0 Å².